The van der Waals surface area contributed by atoms with E-state index >= 15 is 0 Å². The van der Waals surface area contributed by atoms with Crippen LogP contribution in [-0.2, 0) is 0 Å². The Hall–Kier alpha value is -2.90. The fourth-order valence-corrected chi connectivity index (χ4v) is 3.64. The van der Waals surface area contributed by atoms with Crippen LogP contribution in [0.2, 0.25) is 0 Å². The number of rotatable bonds is 3. The topological polar surface area (TPSA) is 32.3 Å². The minimum atomic E-state index is 0.808. The number of piperazine rings is 1. The van der Waals surface area contributed by atoms with Crippen LogP contribution in [0.3, 0.4) is 0 Å². The molecule has 3 aromatic rings. The van der Waals surface area contributed by atoms with Crippen LogP contribution in [-0.4, -0.2) is 47.6 Å². The second kappa shape index (κ2) is 8.41. The van der Waals surface area contributed by atoms with E-state index in [2.05, 4.69) is 69.9 Å². The van der Waals surface area contributed by atoms with Gasteiger partial charge < -0.3 is 9.80 Å². The van der Waals surface area contributed by atoms with Gasteiger partial charge in [-0.2, -0.15) is 0 Å². The summed E-state index contributed by atoms with van der Waals surface area (Å²) >= 11 is 0. The third-order valence-electron chi connectivity index (χ3n) is 5.29. The van der Waals surface area contributed by atoms with Gasteiger partial charge in [-0.05, 0) is 36.1 Å². The van der Waals surface area contributed by atoms with E-state index in [1.807, 2.05) is 19.2 Å². The highest BCUT2D eigenvalue weighted by Crippen LogP contribution is 2.30. The molecule has 0 atom stereocenters. The number of benzene rings is 1. The number of pyridine rings is 2. The zero-order valence-electron chi connectivity index (χ0n) is 16.7. The van der Waals surface area contributed by atoms with Crippen molar-refractivity contribution in [2.75, 3.05) is 37.6 Å². The summed E-state index contributed by atoms with van der Waals surface area (Å²) < 4.78 is 0. The van der Waals surface area contributed by atoms with E-state index in [1.54, 1.807) is 0 Å². The van der Waals surface area contributed by atoms with E-state index in [1.165, 1.54) is 10.8 Å². The van der Waals surface area contributed by atoms with Crippen molar-refractivity contribution in [3.63, 3.8) is 0 Å². The number of hydrogen-bond donors (Lipinski definition) is 0. The van der Waals surface area contributed by atoms with Crippen LogP contribution in [0.5, 0.6) is 0 Å². The summed E-state index contributed by atoms with van der Waals surface area (Å²) in [6, 6.07) is 14.7. The molecule has 2 aromatic heterocycles. The monoisotopic (exact) mass is 370 g/mol. The quantitative estimate of drug-likeness (QED) is 0.647. The molecule has 0 N–H and O–H groups in total. The van der Waals surface area contributed by atoms with Crippen molar-refractivity contribution in [3.05, 3.63) is 54.4 Å². The van der Waals surface area contributed by atoms with Crippen LogP contribution in [0, 0.1) is 11.8 Å². The van der Waals surface area contributed by atoms with Crippen LogP contribution < -0.4 is 4.90 Å². The van der Waals surface area contributed by atoms with E-state index in [0.717, 1.165) is 61.9 Å². The summed E-state index contributed by atoms with van der Waals surface area (Å²) in [5, 5.41) is 2.44. The van der Waals surface area contributed by atoms with Gasteiger partial charge in [-0.1, -0.05) is 44.0 Å². The van der Waals surface area contributed by atoms with Gasteiger partial charge in [-0.25, -0.2) is 9.97 Å². The molecule has 1 saturated heterocycles. The van der Waals surface area contributed by atoms with Crippen LogP contribution >= 0.6 is 0 Å². The number of anilines is 1. The fourth-order valence-electron chi connectivity index (χ4n) is 3.64. The first-order valence-electron chi connectivity index (χ1n) is 10.1. The maximum atomic E-state index is 5.07. The number of hydrogen-bond acceptors (Lipinski definition) is 4. The number of nitrogens with zero attached hydrogens (tertiary/aromatic N) is 4. The first-order chi connectivity index (χ1) is 13.8. The molecule has 1 fully saturated rings. The van der Waals surface area contributed by atoms with Crippen molar-refractivity contribution < 1.29 is 0 Å². The molecule has 28 heavy (non-hydrogen) atoms. The molecule has 0 radical (unpaired) electrons. The molecule has 0 spiro atoms. The maximum absolute atomic E-state index is 5.07. The first-order valence-corrected chi connectivity index (χ1v) is 10.1. The van der Waals surface area contributed by atoms with Gasteiger partial charge in [-0.15, -0.1) is 0 Å². The van der Waals surface area contributed by atoms with E-state index in [9.17, 15) is 0 Å². The van der Waals surface area contributed by atoms with Crippen molar-refractivity contribution in [1.82, 2.24) is 14.9 Å². The second-order valence-electron chi connectivity index (χ2n) is 7.06. The van der Waals surface area contributed by atoms with Gasteiger partial charge >= 0.3 is 0 Å². The maximum Gasteiger partial charge on any atom is 0.137 e. The molecule has 0 bridgehead atoms. The van der Waals surface area contributed by atoms with Crippen LogP contribution in [0.4, 0.5) is 5.82 Å². The number of fused-ring (bicyclic) bond motifs is 1. The summed E-state index contributed by atoms with van der Waals surface area (Å²) in [6.45, 7) is 9.58. The van der Waals surface area contributed by atoms with Crippen LogP contribution in [0.1, 0.15) is 26.0 Å². The molecular formula is C24H26N4. The molecule has 4 nitrogen and oxygen atoms in total. The first kappa shape index (κ1) is 18.5. The Labute approximate surface area is 167 Å². The molecule has 1 aliphatic rings. The zero-order chi connectivity index (χ0) is 19.3. The van der Waals surface area contributed by atoms with Gasteiger partial charge in [0.1, 0.15) is 11.5 Å². The molecule has 0 saturated carbocycles. The zero-order valence-corrected chi connectivity index (χ0v) is 16.7. The Morgan fingerprint density at radius 2 is 1.82 bits per heavy atom. The summed E-state index contributed by atoms with van der Waals surface area (Å²) in [4.78, 5) is 14.5. The minimum Gasteiger partial charge on any atom is -0.354 e. The third-order valence-corrected chi connectivity index (χ3v) is 5.29. The summed E-state index contributed by atoms with van der Waals surface area (Å²) in [6.07, 6.45) is 2.72. The molecule has 4 heteroatoms. The van der Waals surface area contributed by atoms with Crippen LogP contribution in [0.25, 0.3) is 22.0 Å². The van der Waals surface area contributed by atoms with Crippen molar-refractivity contribution in [2.45, 2.75) is 20.3 Å². The normalized spacial score (nSPS) is 14.7. The molecule has 142 valence electrons. The lowest BCUT2D eigenvalue weighted by molar-refractivity contribution is 0.271. The van der Waals surface area contributed by atoms with E-state index in [4.69, 9.17) is 4.98 Å². The lowest BCUT2D eigenvalue weighted by Crippen LogP contribution is -2.46. The van der Waals surface area contributed by atoms with Gasteiger partial charge in [0.2, 0.25) is 0 Å². The highest BCUT2D eigenvalue weighted by Gasteiger charge is 2.19. The molecule has 1 aromatic carbocycles. The molecule has 0 aliphatic carbocycles. The largest absolute Gasteiger partial charge is 0.354 e. The van der Waals surface area contributed by atoms with Gasteiger partial charge in [0.25, 0.3) is 0 Å². The van der Waals surface area contributed by atoms with Gasteiger partial charge in [0.15, 0.2) is 0 Å². The Morgan fingerprint density at radius 3 is 2.54 bits per heavy atom. The molecule has 1 aliphatic heterocycles. The van der Waals surface area contributed by atoms with Crippen molar-refractivity contribution in [3.8, 4) is 23.1 Å². The molecule has 0 unspecified atom stereocenters. The predicted octanol–water partition coefficient (Wildman–Crippen LogP) is 4.20. The van der Waals surface area contributed by atoms with Crippen molar-refractivity contribution >= 4 is 16.6 Å². The highest BCUT2D eigenvalue weighted by molar-refractivity contribution is 5.95. The lowest BCUT2D eigenvalue weighted by Gasteiger charge is -2.35. The fraction of sp³-hybridized carbons (Fsp3) is 0.333. The van der Waals surface area contributed by atoms with E-state index < -0.39 is 0 Å². The van der Waals surface area contributed by atoms with Crippen LogP contribution in [0.15, 0.2) is 48.7 Å². The molecular weight excluding hydrogens is 344 g/mol. The minimum absolute atomic E-state index is 0.808. The van der Waals surface area contributed by atoms with Gasteiger partial charge in [0.05, 0.1) is 5.69 Å². The average Bonchev–Trinajstić information content (AvgIpc) is 2.77. The molecule has 3 heterocycles. The Bertz CT molecular complexity index is 1010. The van der Waals surface area contributed by atoms with Crippen molar-refractivity contribution in [1.29, 1.82) is 0 Å². The number of likely N-dealkylation sites (N-methyl/N-ethyl adjacent to an activating group) is 1. The summed E-state index contributed by atoms with van der Waals surface area (Å²) in [5.74, 6) is 7.23. The van der Waals surface area contributed by atoms with E-state index in [-0.39, 0.29) is 0 Å². The predicted molar refractivity (Wildman–Crippen MR) is 116 cm³/mol. The summed E-state index contributed by atoms with van der Waals surface area (Å²) in [7, 11) is 0. The van der Waals surface area contributed by atoms with Gasteiger partial charge in [0, 0.05) is 49.7 Å². The Balaban J connectivity index is 1.72. The smallest absolute Gasteiger partial charge is 0.137 e. The SMILES string of the molecule is CCC#Cc1ccc(-c2cc3ccccc3c(N3CCN(CC)CC3)n2)cn1. The highest BCUT2D eigenvalue weighted by atomic mass is 15.3. The Morgan fingerprint density at radius 1 is 1.00 bits per heavy atom. The number of aromatic nitrogens is 2. The lowest BCUT2D eigenvalue weighted by atomic mass is 10.1. The van der Waals surface area contributed by atoms with E-state index in [0.29, 0.717) is 0 Å². The average molecular weight is 371 g/mol. The summed E-state index contributed by atoms with van der Waals surface area (Å²) in [5.41, 5.74) is 2.80. The Kier molecular flexibility index (Phi) is 5.55. The second-order valence-corrected chi connectivity index (χ2v) is 7.06. The van der Waals surface area contributed by atoms with Crippen molar-refractivity contribution in [2.24, 2.45) is 0 Å². The third kappa shape index (κ3) is 3.85. The van der Waals surface area contributed by atoms with Gasteiger partial charge in [-0.3, -0.25) is 0 Å². The standard InChI is InChI=1S/C24H26N4/c1-3-5-9-21-12-11-20(18-25-21)23-17-19-8-6-7-10-22(19)24(26-23)28-15-13-27(4-2)14-16-28/h6-8,10-12,17-18H,3-4,13-16H2,1-2H3. The molecule has 4 rings (SSSR count). The molecule has 0 amide bonds.